The maximum absolute atomic E-state index is 12.4. The number of hydrogen-bond acceptors (Lipinski definition) is 2. The molecule has 1 fully saturated rings. The molecule has 0 aliphatic heterocycles. The monoisotopic (exact) mass is 279 g/mol. The number of ketones is 1. The summed E-state index contributed by atoms with van der Waals surface area (Å²) >= 11 is 0. The molecule has 3 rings (SSSR count). The molecule has 0 spiro atoms. The lowest BCUT2D eigenvalue weighted by Crippen LogP contribution is -2.34. The van der Waals surface area contributed by atoms with Crippen LogP contribution in [0.25, 0.3) is 0 Å². The van der Waals surface area contributed by atoms with E-state index in [2.05, 4.69) is 5.32 Å². The van der Waals surface area contributed by atoms with E-state index in [1.807, 2.05) is 30.3 Å². The van der Waals surface area contributed by atoms with E-state index in [4.69, 9.17) is 0 Å². The summed E-state index contributed by atoms with van der Waals surface area (Å²) in [5.41, 5.74) is 2.15. The van der Waals surface area contributed by atoms with Crippen molar-refractivity contribution in [3.8, 4) is 0 Å². The standard InChI is InChI=1S/C18H17NO2/c1-13(20)14-7-9-15(10-8-14)17(21)19-18(11-12-18)16-5-3-2-4-6-16/h2-10H,11-12H2,1H3,(H,19,21). The molecule has 3 nitrogen and oxygen atoms in total. The second-order valence-electron chi connectivity index (χ2n) is 5.54. The second-order valence-corrected chi connectivity index (χ2v) is 5.54. The zero-order chi connectivity index (χ0) is 14.9. The van der Waals surface area contributed by atoms with E-state index in [-0.39, 0.29) is 17.2 Å². The van der Waals surface area contributed by atoms with Gasteiger partial charge in [0.15, 0.2) is 5.78 Å². The van der Waals surface area contributed by atoms with Crippen molar-refractivity contribution < 1.29 is 9.59 Å². The Balaban J connectivity index is 1.76. The van der Waals surface area contributed by atoms with Crippen LogP contribution in [0.2, 0.25) is 0 Å². The molecule has 0 saturated heterocycles. The van der Waals surface area contributed by atoms with Crippen molar-refractivity contribution in [1.29, 1.82) is 0 Å². The Kier molecular flexibility index (Phi) is 3.34. The van der Waals surface area contributed by atoms with Crippen LogP contribution in [0.1, 0.15) is 46.0 Å². The van der Waals surface area contributed by atoms with Gasteiger partial charge in [0.05, 0.1) is 5.54 Å². The third-order valence-corrected chi connectivity index (χ3v) is 3.98. The Labute approximate surface area is 124 Å². The Morgan fingerprint density at radius 3 is 2.00 bits per heavy atom. The largest absolute Gasteiger partial charge is 0.343 e. The fourth-order valence-corrected chi connectivity index (χ4v) is 2.51. The van der Waals surface area contributed by atoms with Crippen molar-refractivity contribution in [3.63, 3.8) is 0 Å². The number of hydrogen-bond donors (Lipinski definition) is 1. The van der Waals surface area contributed by atoms with Crippen LogP contribution in [-0.4, -0.2) is 11.7 Å². The number of benzene rings is 2. The van der Waals surface area contributed by atoms with Gasteiger partial charge in [0.25, 0.3) is 5.91 Å². The molecule has 1 amide bonds. The van der Waals surface area contributed by atoms with Crippen LogP contribution in [0.3, 0.4) is 0 Å². The number of rotatable bonds is 4. The zero-order valence-electron chi connectivity index (χ0n) is 11.9. The van der Waals surface area contributed by atoms with Crippen molar-refractivity contribution in [3.05, 3.63) is 71.3 Å². The first-order valence-electron chi connectivity index (χ1n) is 7.10. The molecule has 2 aromatic carbocycles. The summed E-state index contributed by atoms with van der Waals surface area (Å²) in [6.07, 6.45) is 1.93. The van der Waals surface area contributed by atoms with Gasteiger partial charge in [-0.25, -0.2) is 0 Å². The lowest BCUT2D eigenvalue weighted by Gasteiger charge is -2.18. The topological polar surface area (TPSA) is 46.2 Å². The quantitative estimate of drug-likeness (QED) is 0.873. The molecule has 0 atom stereocenters. The van der Waals surface area contributed by atoms with E-state index in [0.717, 1.165) is 18.4 Å². The summed E-state index contributed by atoms with van der Waals surface area (Å²) in [5, 5.41) is 3.12. The van der Waals surface area contributed by atoms with Gasteiger partial charge in [-0.1, -0.05) is 42.5 Å². The SMILES string of the molecule is CC(=O)c1ccc(C(=O)NC2(c3ccccc3)CC2)cc1. The third-order valence-electron chi connectivity index (χ3n) is 3.98. The minimum atomic E-state index is -0.211. The maximum atomic E-state index is 12.4. The summed E-state index contributed by atoms with van der Waals surface area (Å²) < 4.78 is 0. The highest BCUT2D eigenvalue weighted by atomic mass is 16.2. The first kappa shape index (κ1) is 13.6. The molecule has 0 heterocycles. The van der Waals surface area contributed by atoms with Gasteiger partial charge in [-0.2, -0.15) is 0 Å². The number of carbonyl (C=O) groups excluding carboxylic acids is 2. The highest BCUT2D eigenvalue weighted by Crippen LogP contribution is 2.45. The predicted octanol–water partition coefficient (Wildman–Crippen LogP) is 3.31. The van der Waals surface area contributed by atoms with Crippen LogP contribution in [0.15, 0.2) is 54.6 Å². The van der Waals surface area contributed by atoms with Gasteiger partial charge < -0.3 is 5.32 Å². The highest BCUT2D eigenvalue weighted by Gasteiger charge is 2.45. The van der Waals surface area contributed by atoms with Crippen molar-refractivity contribution in [2.24, 2.45) is 0 Å². The van der Waals surface area contributed by atoms with E-state index in [9.17, 15) is 9.59 Å². The van der Waals surface area contributed by atoms with Gasteiger partial charge in [0, 0.05) is 11.1 Å². The van der Waals surface area contributed by atoms with Crippen LogP contribution < -0.4 is 5.32 Å². The van der Waals surface area contributed by atoms with E-state index in [0.29, 0.717) is 11.1 Å². The molecule has 106 valence electrons. The van der Waals surface area contributed by atoms with Crippen molar-refractivity contribution in [2.75, 3.05) is 0 Å². The fraction of sp³-hybridized carbons (Fsp3) is 0.222. The van der Waals surface area contributed by atoms with Gasteiger partial charge in [0.2, 0.25) is 0 Å². The summed E-state index contributed by atoms with van der Waals surface area (Å²) in [6, 6.07) is 16.8. The minimum Gasteiger partial charge on any atom is -0.343 e. The van der Waals surface area contributed by atoms with E-state index < -0.39 is 0 Å². The molecule has 0 unspecified atom stereocenters. The number of carbonyl (C=O) groups is 2. The molecule has 21 heavy (non-hydrogen) atoms. The zero-order valence-corrected chi connectivity index (χ0v) is 11.9. The lowest BCUT2D eigenvalue weighted by molar-refractivity contribution is 0.0929. The Bertz CT molecular complexity index is 670. The first-order valence-corrected chi connectivity index (χ1v) is 7.10. The highest BCUT2D eigenvalue weighted by molar-refractivity contribution is 5.98. The van der Waals surface area contributed by atoms with Gasteiger partial charge in [-0.05, 0) is 37.5 Å². The smallest absolute Gasteiger partial charge is 0.251 e. The van der Waals surface area contributed by atoms with E-state index >= 15 is 0 Å². The molecule has 1 N–H and O–H groups in total. The fourth-order valence-electron chi connectivity index (χ4n) is 2.51. The molecule has 1 aliphatic carbocycles. The van der Waals surface area contributed by atoms with Crippen molar-refractivity contribution in [2.45, 2.75) is 25.3 Å². The Morgan fingerprint density at radius 2 is 1.48 bits per heavy atom. The molecule has 3 heteroatoms. The van der Waals surface area contributed by atoms with Crippen LogP contribution in [0, 0.1) is 0 Å². The van der Waals surface area contributed by atoms with Crippen molar-refractivity contribution in [1.82, 2.24) is 5.32 Å². The molecule has 0 bridgehead atoms. The van der Waals surface area contributed by atoms with Gasteiger partial charge in [-0.3, -0.25) is 9.59 Å². The summed E-state index contributed by atoms with van der Waals surface area (Å²) in [5.74, 6) is -0.0867. The van der Waals surface area contributed by atoms with Crippen LogP contribution in [0.5, 0.6) is 0 Å². The van der Waals surface area contributed by atoms with Crippen LogP contribution in [-0.2, 0) is 5.54 Å². The van der Waals surface area contributed by atoms with E-state index in [1.54, 1.807) is 24.3 Å². The Hall–Kier alpha value is -2.42. The van der Waals surface area contributed by atoms with Crippen LogP contribution in [0.4, 0.5) is 0 Å². The van der Waals surface area contributed by atoms with Gasteiger partial charge in [-0.15, -0.1) is 0 Å². The lowest BCUT2D eigenvalue weighted by atomic mass is 10.0. The molecule has 0 radical (unpaired) electrons. The molecule has 1 saturated carbocycles. The second kappa shape index (κ2) is 5.17. The maximum Gasteiger partial charge on any atom is 0.251 e. The normalized spacial score (nSPS) is 15.3. The predicted molar refractivity (Wildman–Crippen MR) is 81.3 cm³/mol. The average molecular weight is 279 g/mol. The number of amides is 1. The van der Waals surface area contributed by atoms with Gasteiger partial charge in [0.1, 0.15) is 0 Å². The minimum absolute atomic E-state index is 0.00454. The average Bonchev–Trinajstić information content (AvgIpc) is 3.29. The third kappa shape index (κ3) is 2.72. The summed E-state index contributed by atoms with van der Waals surface area (Å²) in [6.45, 7) is 1.52. The molecule has 1 aliphatic rings. The van der Waals surface area contributed by atoms with Crippen molar-refractivity contribution >= 4 is 11.7 Å². The summed E-state index contributed by atoms with van der Waals surface area (Å²) in [4.78, 5) is 23.6. The molecular formula is C18H17NO2. The molecule has 0 aromatic heterocycles. The first-order chi connectivity index (χ1) is 10.1. The number of nitrogens with one attached hydrogen (secondary N) is 1. The Morgan fingerprint density at radius 1 is 0.905 bits per heavy atom. The van der Waals surface area contributed by atoms with Crippen LogP contribution >= 0.6 is 0 Å². The van der Waals surface area contributed by atoms with E-state index in [1.165, 1.54) is 6.92 Å². The summed E-state index contributed by atoms with van der Waals surface area (Å²) in [7, 11) is 0. The molecule has 2 aromatic rings. The molecular weight excluding hydrogens is 262 g/mol. The van der Waals surface area contributed by atoms with Gasteiger partial charge >= 0.3 is 0 Å². The number of Topliss-reactive ketones (excluding diaryl/α,β-unsaturated/α-hetero) is 1.